The molecule has 0 aliphatic carbocycles. The van der Waals surface area contributed by atoms with Crippen LogP contribution in [0.15, 0.2) is 0 Å². The van der Waals surface area contributed by atoms with E-state index in [9.17, 15) is 48.3 Å². The van der Waals surface area contributed by atoms with E-state index in [1.807, 2.05) is 0 Å². The lowest BCUT2D eigenvalue weighted by molar-refractivity contribution is -0.427. The molecule has 1 N–H and O–H groups in total. The Morgan fingerprint density at radius 2 is 0.947 bits per heavy atom. The molecule has 0 amide bonds. The van der Waals surface area contributed by atoms with Crippen LogP contribution in [0.1, 0.15) is 6.92 Å². The van der Waals surface area contributed by atoms with Crippen LogP contribution in [0.25, 0.3) is 0 Å². The van der Waals surface area contributed by atoms with Gasteiger partial charge in [-0.2, -0.15) is 48.3 Å². The summed E-state index contributed by atoms with van der Waals surface area (Å²) < 4.78 is 135. The standard InChI is InChI=1S/C7H5F11O/c1-2(19)3(8,9)4(10,11)5(12,13)6(14,15)7(16,17)18/h2,19H,1H3/t2-/m0/s1. The fourth-order valence-corrected chi connectivity index (χ4v) is 0.847. The first-order valence-electron chi connectivity index (χ1n) is 4.20. The maximum atomic E-state index is 12.6. The van der Waals surface area contributed by atoms with Crippen LogP contribution in [-0.2, 0) is 0 Å². The van der Waals surface area contributed by atoms with E-state index in [2.05, 4.69) is 0 Å². The minimum Gasteiger partial charge on any atom is -0.387 e. The molecule has 0 radical (unpaired) electrons. The molecule has 0 saturated heterocycles. The summed E-state index contributed by atoms with van der Waals surface area (Å²) in [5.74, 6) is -28.2. The van der Waals surface area contributed by atoms with Crippen molar-refractivity contribution in [1.82, 2.24) is 0 Å². The van der Waals surface area contributed by atoms with E-state index in [1.165, 1.54) is 0 Å². The first-order chi connectivity index (χ1) is 7.94. The number of halogens is 11. The Morgan fingerprint density at radius 3 is 1.16 bits per heavy atom. The third kappa shape index (κ3) is 2.34. The summed E-state index contributed by atoms with van der Waals surface area (Å²) in [7, 11) is 0. The predicted molar refractivity (Wildman–Crippen MR) is 37.5 cm³/mol. The van der Waals surface area contributed by atoms with Gasteiger partial charge in [-0.3, -0.25) is 0 Å². The van der Waals surface area contributed by atoms with Gasteiger partial charge in [0.1, 0.15) is 6.10 Å². The van der Waals surface area contributed by atoms with Crippen LogP contribution in [0.3, 0.4) is 0 Å². The van der Waals surface area contributed by atoms with Crippen molar-refractivity contribution in [3.05, 3.63) is 0 Å². The van der Waals surface area contributed by atoms with E-state index in [0.29, 0.717) is 0 Å². The molecule has 0 aliphatic rings. The lowest BCUT2D eigenvalue weighted by Gasteiger charge is -2.38. The van der Waals surface area contributed by atoms with Gasteiger partial charge in [-0.05, 0) is 6.92 Å². The number of alkyl halides is 11. The fraction of sp³-hybridized carbons (Fsp3) is 1.00. The van der Waals surface area contributed by atoms with E-state index >= 15 is 0 Å². The molecule has 0 bridgehead atoms. The van der Waals surface area contributed by atoms with Crippen LogP contribution in [0.5, 0.6) is 0 Å². The molecule has 0 aromatic carbocycles. The molecule has 19 heavy (non-hydrogen) atoms. The molecule has 0 saturated carbocycles. The highest BCUT2D eigenvalue weighted by atomic mass is 19.4. The summed E-state index contributed by atoms with van der Waals surface area (Å²) >= 11 is 0. The Kier molecular flexibility index (Phi) is 4.16. The quantitative estimate of drug-likeness (QED) is 0.788. The summed E-state index contributed by atoms with van der Waals surface area (Å²) in [5, 5.41) is 8.16. The molecule has 0 fully saturated rings. The minimum atomic E-state index is -7.46. The van der Waals surface area contributed by atoms with Crippen molar-refractivity contribution >= 4 is 0 Å². The largest absolute Gasteiger partial charge is 0.460 e. The third-order valence-corrected chi connectivity index (χ3v) is 2.09. The maximum Gasteiger partial charge on any atom is 0.460 e. The Hall–Kier alpha value is -0.810. The second-order valence-electron chi connectivity index (χ2n) is 3.52. The zero-order valence-corrected chi connectivity index (χ0v) is 8.68. The van der Waals surface area contributed by atoms with Crippen molar-refractivity contribution < 1.29 is 53.4 Å². The molecule has 0 spiro atoms. The van der Waals surface area contributed by atoms with Crippen molar-refractivity contribution in [2.45, 2.75) is 42.9 Å². The zero-order valence-electron chi connectivity index (χ0n) is 8.68. The SMILES string of the molecule is C[C@H](O)C(F)(F)C(F)(F)C(F)(F)C(F)(F)C(F)(F)F. The summed E-state index contributed by atoms with van der Waals surface area (Å²) in [6.45, 7) is -0.171. The number of hydrogen-bond acceptors (Lipinski definition) is 1. The Balaban J connectivity index is 5.92. The topological polar surface area (TPSA) is 20.2 Å². The van der Waals surface area contributed by atoms with Gasteiger partial charge in [-0.1, -0.05) is 0 Å². The molecule has 0 aromatic heterocycles. The maximum absolute atomic E-state index is 12.6. The second kappa shape index (κ2) is 4.35. The van der Waals surface area contributed by atoms with Gasteiger partial charge >= 0.3 is 29.9 Å². The van der Waals surface area contributed by atoms with E-state index < -0.39 is 36.0 Å². The molecule has 116 valence electrons. The normalized spacial score (nSPS) is 17.5. The number of rotatable bonds is 4. The van der Waals surface area contributed by atoms with Crippen LogP contribution >= 0.6 is 0 Å². The van der Waals surface area contributed by atoms with E-state index in [0.717, 1.165) is 0 Å². The van der Waals surface area contributed by atoms with Gasteiger partial charge in [0.25, 0.3) is 0 Å². The van der Waals surface area contributed by atoms with E-state index in [4.69, 9.17) is 5.11 Å². The summed E-state index contributed by atoms with van der Waals surface area (Å²) in [6, 6.07) is 0. The smallest absolute Gasteiger partial charge is 0.387 e. The molecule has 0 unspecified atom stereocenters. The van der Waals surface area contributed by atoms with Crippen LogP contribution in [-0.4, -0.2) is 41.1 Å². The van der Waals surface area contributed by atoms with Crippen molar-refractivity contribution in [2.24, 2.45) is 0 Å². The molecule has 0 rings (SSSR count). The predicted octanol–water partition coefficient (Wildman–Crippen LogP) is 3.47. The van der Waals surface area contributed by atoms with Gasteiger partial charge in [0.2, 0.25) is 0 Å². The molecule has 0 aromatic rings. The van der Waals surface area contributed by atoms with Crippen LogP contribution in [0, 0.1) is 0 Å². The number of aliphatic hydroxyl groups excluding tert-OH is 1. The first kappa shape index (κ1) is 18.2. The average molecular weight is 314 g/mol. The van der Waals surface area contributed by atoms with Crippen molar-refractivity contribution in [1.29, 1.82) is 0 Å². The number of hydrogen-bond donors (Lipinski definition) is 1. The minimum absolute atomic E-state index is 0.171. The molecule has 1 atom stereocenters. The van der Waals surface area contributed by atoms with Gasteiger partial charge in [0.15, 0.2) is 0 Å². The van der Waals surface area contributed by atoms with Gasteiger partial charge in [0.05, 0.1) is 0 Å². The molecule has 0 aliphatic heterocycles. The molecular formula is C7H5F11O. The molecule has 0 heterocycles. The second-order valence-corrected chi connectivity index (χ2v) is 3.52. The first-order valence-corrected chi connectivity index (χ1v) is 4.20. The van der Waals surface area contributed by atoms with Crippen molar-refractivity contribution in [3.8, 4) is 0 Å². The average Bonchev–Trinajstić information content (AvgIpc) is 2.14. The van der Waals surface area contributed by atoms with Crippen molar-refractivity contribution in [3.63, 3.8) is 0 Å². The lowest BCUT2D eigenvalue weighted by Crippen LogP contribution is -2.68. The van der Waals surface area contributed by atoms with Gasteiger partial charge < -0.3 is 5.11 Å². The summed E-state index contributed by atoms with van der Waals surface area (Å²) in [6.07, 6.45) is -10.8. The molecule has 1 nitrogen and oxygen atoms in total. The van der Waals surface area contributed by atoms with Crippen LogP contribution in [0.2, 0.25) is 0 Å². The van der Waals surface area contributed by atoms with E-state index in [1.54, 1.807) is 0 Å². The zero-order chi connectivity index (χ0) is 16.1. The van der Waals surface area contributed by atoms with E-state index in [-0.39, 0.29) is 6.92 Å². The highest BCUT2D eigenvalue weighted by Crippen LogP contribution is 2.57. The number of aliphatic hydroxyl groups is 1. The highest BCUT2D eigenvalue weighted by Gasteiger charge is 2.87. The molecule has 12 heteroatoms. The lowest BCUT2D eigenvalue weighted by atomic mass is 9.95. The van der Waals surface area contributed by atoms with Gasteiger partial charge in [-0.15, -0.1) is 0 Å². The van der Waals surface area contributed by atoms with Gasteiger partial charge in [0, 0.05) is 0 Å². The van der Waals surface area contributed by atoms with Crippen LogP contribution in [0.4, 0.5) is 48.3 Å². The summed E-state index contributed by atoms with van der Waals surface area (Å²) in [5.41, 5.74) is 0. The monoisotopic (exact) mass is 314 g/mol. The van der Waals surface area contributed by atoms with Gasteiger partial charge in [-0.25, -0.2) is 0 Å². The Morgan fingerprint density at radius 1 is 0.632 bits per heavy atom. The fourth-order valence-electron chi connectivity index (χ4n) is 0.847. The Labute approximate surface area is 97.5 Å². The summed E-state index contributed by atoms with van der Waals surface area (Å²) in [4.78, 5) is 0. The van der Waals surface area contributed by atoms with Crippen LogP contribution < -0.4 is 0 Å². The Bertz CT molecular complexity index is 328. The van der Waals surface area contributed by atoms with Crippen molar-refractivity contribution in [2.75, 3.05) is 0 Å². The highest BCUT2D eigenvalue weighted by molar-refractivity contribution is 5.07. The molecular weight excluding hydrogens is 309 g/mol. The third-order valence-electron chi connectivity index (χ3n) is 2.09.